The topological polar surface area (TPSA) is 92.3 Å². The molecule has 1 aliphatic carbocycles. The molecule has 0 bridgehead atoms. The Morgan fingerprint density at radius 2 is 1.62 bits per heavy atom. The van der Waals surface area contributed by atoms with Crippen molar-refractivity contribution < 1.29 is 18.0 Å². The van der Waals surface area contributed by atoms with Crippen LogP contribution in [0.5, 0.6) is 0 Å². The Morgan fingerprint density at radius 1 is 0.971 bits per heavy atom. The molecule has 6 nitrogen and oxygen atoms in total. The van der Waals surface area contributed by atoms with E-state index in [1.54, 1.807) is 12.1 Å². The van der Waals surface area contributed by atoms with Crippen molar-refractivity contribution in [3.8, 4) is 0 Å². The minimum absolute atomic E-state index is 0.0208. The van der Waals surface area contributed by atoms with E-state index >= 15 is 0 Å². The van der Waals surface area contributed by atoms with E-state index in [-0.39, 0.29) is 37.2 Å². The predicted molar refractivity (Wildman–Crippen MR) is 137 cm³/mol. The first-order valence-corrected chi connectivity index (χ1v) is 14.0. The van der Waals surface area contributed by atoms with Gasteiger partial charge in [-0.3, -0.25) is 9.59 Å². The Kier molecular flexibility index (Phi) is 7.31. The van der Waals surface area contributed by atoms with E-state index in [0.717, 1.165) is 0 Å². The second kappa shape index (κ2) is 9.51. The summed E-state index contributed by atoms with van der Waals surface area (Å²) >= 11 is 37.1. The smallest absolute Gasteiger partial charge is 0.253 e. The van der Waals surface area contributed by atoms with Gasteiger partial charge in [-0.2, -0.15) is 0 Å². The van der Waals surface area contributed by atoms with Gasteiger partial charge in [-0.05, 0) is 42.3 Å². The molecule has 1 aliphatic heterocycles. The van der Waals surface area contributed by atoms with E-state index in [2.05, 4.69) is 10.6 Å². The SMILES string of the molecule is O=C(NC1CCS(=O)(=O)C1)c1cc(NC(=O)[C@@H]2[C@@H](c3cc(Cl)c(Cl)c(Cl)c3)C2(Cl)Cl)ccc1Cl. The van der Waals surface area contributed by atoms with E-state index in [4.69, 9.17) is 69.6 Å². The monoisotopic (exact) mass is 602 g/mol. The Morgan fingerprint density at radius 3 is 2.21 bits per heavy atom. The number of hydrogen-bond acceptors (Lipinski definition) is 4. The van der Waals surface area contributed by atoms with E-state index in [1.165, 1.54) is 18.2 Å². The summed E-state index contributed by atoms with van der Waals surface area (Å²) in [6.45, 7) is 0. The summed E-state index contributed by atoms with van der Waals surface area (Å²) in [7, 11) is -3.16. The number of amides is 2. The molecule has 2 N–H and O–H groups in total. The van der Waals surface area contributed by atoms with Crippen molar-refractivity contribution in [2.24, 2.45) is 5.92 Å². The number of rotatable bonds is 5. The number of halogens is 6. The van der Waals surface area contributed by atoms with E-state index in [0.29, 0.717) is 17.7 Å². The summed E-state index contributed by atoms with van der Waals surface area (Å²) in [5.41, 5.74) is 0.947. The third-order valence-electron chi connectivity index (χ3n) is 5.75. The molecule has 1 unspecified atom stereocenters. The molecule has 2 amide bonds. The highest BCUT2D eigenvalue weighted by molar-refractivity contribution is 7.91. The van der Waals surface area contributed by atoms with Crippen LogP contribution in [0, 0.1) is 5.92 Å². The van der Waals surface area contributed by atoms with Gasteiger partial charge >= 0.3 is 0 Å². The summed E-state index contributed by atoms with van der Waals surface area (Å²) in [4.78, 5) is 25.6. The molecule has 1 saturated carbocycles. The molecule has 2 aromatic carbocycles. The molecule has 13 heteroatoms. The van der Waals surface area contributed by atoms with Gasteiger partial charge < -0.3 is 10.6 Å². The maximum atomic E-state index is 13.0. The first-order valence-electron chi connectivity index (χ1n) is 9.94. The van der Waals surface area contributed by atoms with Crippen LogP contribution in [0.4, 0.5) is 5.69 Å². The van der Waals surface area contributed by atoms with Gasteiger partial charge in [0.25, 0.3) is 5.91 Å². The van der Waals surface area contributed by atoms with Gasteiger partial charge in [0.05, 0.1) is 43.1 Å². The van der Waals surface area contributed by atoms with Crippen LogP contribution >= 0.6 is 69.6 Å². The van der Waals surface area contributed by atoms with Gasteiger partial charge in [0.2, 0.25) is 5.91 Å². The zero-order valence-corrected chi connectivity index (χ0v) is 22.4. The molecular formula is C21H16Cl6N2O4S. The van der Waals surface area contributed by atoms with E-state index < -0.39 is 43.9 Å². The maximum Gasteiger partial charge on any atom is 0.253 e. The van der Waals surface area contributed by atoms with Crippen LogP contribution in [0.15, 0.2) is 30.3 Å². The number of sulfone groups is 1. The van der Waals surface area contributed by atoms with Gasteiger partial charge in [0.1, 0.15) is 4.33 Å². The quantitative estimate of drug-likeness (QED) is 0.336. The second-order valence-corrected chi connectivity index (χ2v) is 13.5. The van der Waals surface area contributed by atoms with Crippen LogP contribution in [0.1, 0.15) is 28.3 Å². The molecule has 0 aromatic heterocycles. The Bertz CT molecular complexity index is 1280. The van der Waals surface area contributed by atoms with Crippen LogP contribution in [-0.4, -0.2) is 42.1 Å². The number of benzene rings is 2. The second-order valence-electron chi connectivity index (χ2n) is 8.19. The average molecular weight is 605 g/mol. The van der Waals surface area contributed by atoms with Crippen molar-refractivity contribution in [3.05, 3.63) is 61.5 Å². The predicted octanol–water partition coefficient (Wildman–Crippen LogP) is 5.74. The third kappa shape index (κ3) is 5.26. The lowest BCUT2D eigenvalue weighted by Gasteiger charge is -2.13. The largest absolute Gasteiger partial charge is 0.348 e. The van der Waals surface area contributed by atoms with Gasteiger partial charge in [-0.25, -0.2) is 8.42 Å². The Hall–Kier alpha value is -0.930. The molecule has 2 aliphatic rings. The van der Waals surface area contributed by atoms with Crippen LogP contribution in [-0.2, 0) is 14.6 Å². The molecule has 2 aromatic rings. The van der Waals surface area contributed by atoms with Crippen molar-refractivity contribution in [2.75, 3.05) is 16.8 Å². The minimum Gasteiger partial charge on any atom is -0.348 e. The molecule has 0 spiro atoms. The lowest BCUT2D eigenvalue weighted by molar-refractivity contribution is -0.117. The van der Waals surface area contributed by atoms with Gasteiger partial charge in [-0.15, -0.1) is 23.2 Å². The fourth-order valence-electron chi connectivity index (χ4n) is 3.99. The van der Waals surface area contributed by atoms with Crippen LogP contribution < -0.4 is 10.6 Å². The van der Waals surface area contributed by atoms with Crippen molar-refractivity contribution >= 4 is 96.9 Å². The zero-order chi connectivity index (χ0) is 25.0. The number of nitrogens with one attached hydrogen (secondary N) is 2. The van der Waals surface area contributed by atoms with Gasteiger partial charge in [-0.1, -0.05) is 46.4 Å². The Labute approximate surface area is 226 Å². The van der Waals surface area contributed by atoms with Gasteiger partial charge in [0, 0.05) is 17.6 Å². The third-order valence-corrected chi connectivity index (χ3v) is 9.98. The van der Waals surface area contributed by atoms with E-state index in [1.807, 2.05) is 0 Å². The number of carbonyl (C=O) groups is 2. The molecule has 182 valence electrons. The normalized spacial score (nSPS) is 24.5. The molecular weight excluding hydrogens is 589 g/mol. The lowest BCUT2D eigenvalue weighted by atomic mass is 10.1. The number of anilines is 1. The molecule has 4 rings (SSSR count). The van der Waals surface area contributed by atoms with Crippen molar-refractivity contribution in [3.63, 3.8) is 0 Å². The maximum absolute atomic E-state index is 13.0. The highest BCUT2D eigenvalue weighted by atomic mass is 35.5. The lowest BCUT2D eigenvalue weighted by Crippen LogP contribution is -2.35. The summed E-state index contributed by atoms with van der Waals surface area (Å²) in [5.74, 6) is -2.52. The molecule has 2 fully saturated rings. The Balaban J connectivity index is 1.49. The zero-order valence-electron chi connectivity index (χ0n) is 17.0. The number of carbonyl (C=O) groups excluding carboxylic acids is 2. The van der Waals surface area contributed by atoms with Crippen LogP contribution in [0.2, 0.25) is 20.1 Å². The first-order chi connectivity index (χ1) is 15.8. The fourth-order valence-corrected chi connectivity index (χ4v) is 7.31. The highest BCUT2D eigenvalue weighted by Gasteiger charge is 2.67. The van der Waals surface area contributed by atoms with Crippen molar-refractivity contribution in [1.29, 1.82) is 0 Å². The molecule has 1 heterocycles. The highest BCUT2D eigenvalue weighted by Crippen LogP contribution is 2.65. The molecule has 0 radical (unpaired) electrons. The molecule has 1 saturated heterocycles. The van der Waals surface area contributed by atoms with Crippen LogP contribution in [0.3, 0.4) is 0 Å². The standard InChI is InChI=1S/C21H16Cl6N2O4S/c22-13-2-1-10(7-12(13)19(30)29-11-3-4-34(32,33)8-11)28-20(31)17-16(21(17,26)27)9-5-14(23)18(25)15(24)6-9/h1-2,5-7,11,16-17H,3-4,8H2,(H,28,31)(H,29,30)/t11?,16-,17+/m1/s1. The van der Waals surface area contributed by atoms with Crippen molar-refractivity contribution in [2.45, 2.75) is 22.7 Å². The first kappa shape index (κ1) is 26.1. The van der Waals surface area contributed by atoms with Crippen molar-refractivity contribution in [1.82, 2.24) is 5.32 Å². The average Bonchev–Trinajstić information content (AvgIpc) is 3.16. The van der Waals surface area contributed by atoms with E-state index in [9.17, 15) is 18.0 Å². The van der Waals surface area contributed by atoms with Gasteiger partial charge in [0.15, 0.2) is 9.84 Å². The summed E-state index contributed by atoms with van der Waals surface area (Å²) in [6.07, 6.45) is 0.331. The fraction of sp³-hybridized carbons (Fsp3) is 0.333. The molecule has 3 atom stereocenters. The summed E-state index contributed by atoms with van der Waals surface area (Å²) in [5, 5.41) is 6.12. The summed E-state index contributed by atoms with van der Waals surface area (Å²) in [6, 6.07) is 6.99. The number of alkyl halides is 2. The minimum atomic E-state index is -3.16. The molecule has 34 heavy (non-hydrogen) atoms. The summed E-state index contributed by atoms with van der Waals surface area (Å²) < 4.78 is 21.9. The number of hydrogen-bond donors (Lipinski definition) is 2. The van der Waals surface area contributed by atoms with Crippen LogP contribution in [0.25, 0.3) is 0 Å².